The van der Waals surface area contributed by atoms with Crippen LogP contribution in [-0.4, -0.2) is 59.4 Å². The van der Waals surface area contributed by atoms with Crippen LogP contribution in [0.1, 0.15) is 34.9 Å². The van der Waals surface area contributed by atoms with Crippen LogP contribution in [0.5, 0.6) is 0 Å². The van der Waals surface area contributed by atoms with Crippen molar-refractivity contribution in [2.24, 2.45) is 0 Å². The second-order valence-electron chi connectivity index (χ2n) is 6.47. The summed E-state index contributed by atoms with van der Waals surface area (Å²) in [4.78, 5) is 15.9. The molecule has 0 radical (unpaired) electrons. The molecule has 0 amide bonds. The minimum Gasteiger partial charge on any atom is -0.369 e. The summed E-state index contributed by atoms with van der Waals surface area (Å²) in [6, 6.07) is 8.42. The first-order chi connectivity index (χ1) is 11.3. The Bertz CT molecular complexity index is 696. The maximum absolute atomic E-state index is 11.2. The average molecular weight is 311 g/mol. The fourth-order valence-corrected chi connectivity index (χ4v) is 3.18. The van der Waals surface area contributed by atoms with Crippen LogP contribution in [-0.2, 0) is 0 Å². The molecule has 1 saturated heterocycles. The Kier molecular flexibility index (Phi) is 3.61. The van der Waals surface area contributed by atoms with Crippen molar-refractivity contribution in [2.75, 3.05) is 38.1 Å². The van der Waals surface area contributed by atoms with Crippen LogP contribution in [0.15, 0.2) is 24.3 Å². The monoisotopic (exact) mass is 311 g/mol. The Morgan fingerprint density at radius 3 is 2.30 bits per heavy atom. The second kappa shape index (κ2) is 5.77. The molecular weight excluding hydrogens is 290 g/mol. The molecule has 0 unspecified atom stereocenters. The summed E-state index contributed by atoms with van der Waals surface area (Å²) >= 11 is 0. The molecule has 1 aromatic carbocycles. The van der Waals surface area contributed by atoms with E-state index in [-0.39, 0.29) is 0 Å². The van der Waals surface area contributed by atoms with E-state index < -0.39 is 0 Å². The quantitative estimate of drug-likeness (QED) is 0.805. The molecule has 6 heteroatoms. The molecule has 2 aromatic rings. The van der Waals surface area contributed by atoms with Crippen LogP contribution in [0.25, 0.3) is 5.69 Å². The normalized spacial score (nSPS) is 19.1. The highest BCUT2D eigenvalue weighted by molar-refractivity contribution is 5.74. The summed E-state index contributed by atoms with van der Waals surface area (Å²) in [5, 5.41) is 8.21. The van der Waals surface area contributed by atoms with Gasteiger partial charge in [-0.3, -0.25) is 4.79 Å². The molecule has 6 nitrogen and oxygen atoms in total. The Hall–Kier alpha value is -2.21. The summed E-state index contributed by atoms with van der Waals surface area (Å²) in [6.07, 6.45) is 3.05. The Morgan fingerprint density at radius 1 is 1.04 bits per heavy atom. The minimum atomic E-state index is 0.433. The van der Waals surface area contributed by atoms with Crippen molar-refractivity contribution in [1.29, 1.82) is 0 Å². The summed E-state index contributed by atoms with van der Waals surface area (Å²) < 4.78 is 1.83. The van der Waals surface area contributed by atoms with E-state index in [9.17, 15) is 4.79 Å². The first-order valence-electron chi connectivity index (χ1n) is 8.21. The van der Waals surface area contributed by atoms with Gasteiger partial charge in [-0.25, -0.2) is 4.68 Å². The highest BCUT2D eigenvalue weighted by atomic mass is 16.1. The Balaban J connectivity index is 1.59. The molecule has 1 saturated carbocycles. The molecule has 0 bridgehead atoms. The van der Waals surface area contributed by atoms with E-state index in [0.717, 1.165) is 56.7 Å². The molecule has 1 aliphatic carbocycles. The van der Waals surface area contributed by atoms with Gasteiger partial charge in [-0.05, 0) is 44.2 Å². The third kappa shape index (κ3) is 2.74. The summed E-state index contributed by atoms with van der Waals surface area (Å²) in [7, 11) is 2.16. The molecule has 0 spiro atoms. The number of rotatable bonds is 4. The number of hydrogen-bond donors (Lipinski definition) is 0. The molecule has 23 heavy (non-hydrogen) atoms. The number of benzene rings is 1. The van der Waals surface area contributed by atoms with Gasteiger partial charge in [0.25, 0.3) is 0 Å². The van der Waals surface area contributed by atoms with E-state index >= 15 is 0 Å². The van der Waals surface area contributed by atoms with Gasteiger partial charge < -0.3 is 9.80 Å². The van der Waals surface area contributed by atoms with Gasteiger partial charge in [-0.1, -0.05) is 5.21 Å². The number of likely N-dealkylation sites (N-methyl/N-ethyl adjacent to an activating group) is 1. The number of carbonyl (C=O) groups excluding carboxylic acids is 1. The van der Waals surface area contributed by atoms with Crippen molar-refractivity contribution < 1.29 is 4.79 Å². The minimum absolute atomic E-state index is 0.433. The zero-order chi connectivity index (χ0) is 15.8. The zero-order valence-corrected chi connectivity index (χ0v) is 13.4. The number of piperazine rings is 1. The van der Waals surface area contributed by atoms with Gasteiger partial charge in [0.05, 0.1) is 11.4 Å². The molecule has 0 N–H and O–H groups in total. The van der Waals surface area contributed by atoms with Crippen LogP contribution in [0.4, 0.5) is 5.69 Å². The molecule has 2 fully saturated rings. The van der Waals surface area contributed by atoms with E-state index in [1.54, 1.807) is 0 Å². The third-order valence-electron chi connectivity index (χ3n) is 4.77. The fraction of sp³-hybridized carbons (Fsp3) is 0.471. The molecule has 1 aromatic heterocycles. The van der Waals surface area contributed by atoms with Gasteiger partial charge in [0.2, 0.25) is 0 Å². The van der Waals surface area contributed by atoms with Gasteiger partial charge in [0.15, 0.2) is 6.29 Å². The number of nitrogens with zero attached hydrogens (tertiary/aromatic N) is 5. The van der Waals surface area contributed by atoms with E-state index in [2.05, 4.69) is 51.4 Å². The fourth-order valence-electron chi connectivity index (χ4n) is 3.18. The van der Waals surface area contributed by atoms with Crippen molar-refractivity contribution in [3.63, 3.8) is 0 Å². The maximum Gasteiger partial charge on any atom is 0.172 e. The number of aromatic nitrogens is 3. The predicted molar refractivity (Wildman–Crippen MR) is 88.4 cm³/mol. The van der Waals surface area contributed by atoms with Crippen LogP contribution >= 0.6 is 0 Å². The lowest BCUT2D eigenvalue weighted by Gasteiger charge is -2.34. The van der Waals surface area contributed by atoms with Gasteiger partial charge in [-0.15, -0.1) is 5.10 Å². The number of anilines is 1. The maximum atomic E-state index is 11.2. The predicted octanol–water partition coefficient (Wildman–Crippen LogP) is 1.71. The summed E-state index contributed by atoms with van der Waals surface area (Å²) in [6.45, 7) is 4.31. The lowest BCUT2D eigenvalue weighted by Crippen LogP contribution is -2.44. The van der Waals surface area contributed by atoms with Gasteiger partial charge in [0.1, 0.15) is 5.69 Å². The highest BCUT2D eigenvalue weighted by Crippen LogP contribution is 2.41. The van der Waals surface area contributed by atoms with Gasteiger partial charge in [-0.2, -0.15) is 0 Å². The van der Waals surface area contributed by atoms with Crippen molar-refractivity contribution in [1.82, 2.24) is 19.9 Å². The number of hydrogen-bond acceptors (Lipinski definition) is 5. The van der Waals surface area contributed by atoms with Crippen LogP contribution in [0, 0.1) is 0 Å². The highest BCUT2D eigenvalue weighted by Gasteiger charge is 2.31. The Labute approximate surface area is 135 Å². The van der Waals surface area contributed by atoms with E-state index in [1.165, 1.54) is 5.69 Å². The van der Waals surface area contributed by atoms with E-state index in [4.69, 9.17) is 0 Å². The SMILES string of the molecule is CN1CCN(c2ccc(-n3nnc(C=O)c3C3CC3)cc2)CC1. The molecule has 1 aliphatic heterocycles. The van der Waals surface area contributed by atoms with Crippen LogP contribution in [0.2, 0.25) is 0 Å². The summed E-state index contributed by atoms with van der Waals surface area (Å²) in [5.74, 6) is 0.433. The molecule has 2 aliphatic rings. The Morgan fingerprint density at radius 2 is 1.70 bits per heavy atom. The van der Waals surface area contributed by atoms with Crippen LogP contribution < -0.4 is 4.90 Å². The number of aldehydes is 1. The molecule has 4 rings (SSSR count). The van der Waals surface area contributed by atoms with Crippen molar-refractivity contribution in [3.05, 3.63) is 35.7 Å². The molecule has 120 valence electrons. The average Bonchev–Trinajstić information content (AvgIpc) is 3.34. The third-order valence-corrected chi connectivity index (χ3v) is 4.77. The molecular formula is C17H21N5O. The van der Waals surface area contributed by atoms with Gasteiger partial charge in [0, 0.05) is 37.8 Å². The van der Waals surface area contributed by atoms with Crippen molar-refractivity contribution >= 4 is 12.0 Å². The lowest BCUT2D eigenvalue weighted by molar-refractivity contribution is 0.111. The van der Waals surface area contributed by atoms with Gasteiger partial charge >= 0.3 is 0 Å². The van der Waals surface area contributed by atoms with E-state index in [0.29, 0.717) is 11.6 Å². The lowest BCUT2D eigenvalue weighted by atomic mass is 10.2. The van der Waals surface area contributed by atoms with Crippen LogP contribution in [0.3, 0.4) is 0 Å². The smallest absolute Gasteiger partial charge is 0.172 e. The van der Waals surface area contributed by atoms with E-state index in [1.807, 2.05) is 4.68 Å². The topological polar surface area (TPSA) is 54.3 Å². The second-order valence-corrected chi connectivity index (χ2v) is 6.47. The van der Waals surface area contributed by atoms with Crippen molar-refractivity contribution in [2.45, 2.75) is 18.8 Å². The first kappa shape index (κ1) is 14.4. The standard InChI is InChI=1S/C17H21N5O/c1-20-8-10-21(11-9-20)14-4-6-15(7-5-14)22-17(13-2-3-13)16(12-23)18-19-22/h4-7,12-13H,2-3,8-11H2,1H3. The van der Waals surface area contributed by atoms with Crippen molar-refractivity contribution in [3.8, 4) is 5.69 Å². The molecule has 2 heterocycles. The zero-order valence-electron chi connectivity index (χ0n) is 13.4. The summed E-state index contributed by atoms with van der Waals surface area (Å²) in [5.41, 5.74) is 3.67. The molecule has 0 atom stereocenters. The largest absolute Gasteiger partial charge is 0.369 e. The number of carbonyl (C=O) groups is 1. The first-order valence-corrected chi connectivity index (χ1v) is 8.21.